The number of aryl methyl sites for hydroxylation is 1. The second-order valence-electron chi connectivity index (χ2n) is 16.6. The van der Waals surface area contributed by atoms with E-state index in [2.05, 4.69) is 126 Å². The first-order chi connectivity index (χ1) is 17.7. The molecule has 0 atom stereocenters. The Balaban J connectivity index is 1.93. The van der Waals surface area contributed by atoms with Crippen LogP contribution in [0.15, 0.2) is 36.4 Å². The van der Waals surface area contributed by atoms with Crippen molar-refractivity contribution < 1.29 is 0 Å². The molecule has 206 valence electrons. The number of hydrogen-bond donors (Lipinski definition) is 1. The van der Waals surface area contributed by atoms with Gasteiger partial charge in [0.15, 0.2) is 0 Å². The standard InChI is InChI=1S/C38H49N/c1-21-16-26-29-28(17-21)36(8,9)38(12,13)32-30(29)27(34(4,5)20-33(26,2)3)19-24-23-15-14-22(39)18-25(23)35(6,7)37(10,11)31(24)32/h14-19H,20,39H2,1-13H3. The van der Waals surface area contributed by atoms with Gasteiger partial charge in [-0.3, -0.25) is 0 Å². The summed E-state index contributed by atoms with van der Waals surface area (Å²) >= 11 is 0. The van der Waals surface area contributed by atoms with Crippen LogP contribution in [-0.4, -0.2) is 0 Å². The highest BCUT2D eigenvalue weighted by molar-refractivity contribution is 5.92. The van der Waals surface area contributed by atoms with Crippen molar-refractivity contribution in [1.82, 2.24) is 0 Å². The summed E-state index contributed by atoms with van der Waals surface area (Å²) in [5.74, 6) is 0. The van der Waals surface area contributed by atoms with Crippen LogP contribution in [0.4, 0.5) is 5.69 Å². The van der Waals surface area contributed by atoms with E-state index in [0.29, 0.717) is 0 Å². The monoisotopic (exact) mass is 519 g/mol. The Morgan fingerprint density at radius 3 is 1.64 bits per heavy atom. The van der Waals surface area contributed by atoms with Gasteiger partial charge in [0.1, 0.15) is 0 Å². The van der Waals surface area contributed by atoms with Gasteiger partial charge in [0, 0.05) is 5.69 Å². The first-order valence-electron chi connectivity index (χ1n) is 15.0. The van der Waals surface area contributed by atoms with E-state index in [-0.39, 0.29) is 32.5 Å². The van der Waals surface area contributed by atoms with Crippen LogP contribution < -0.4 is 5.73 Å². The third-order valence-corrected chi connectivity index (χ3v) is 12.3. The number of anilines is 1. The molecule has 0 fully saturated rings. The van der Waals surface area contributed by atoms with Crippen LogP contribution in [0.2, 0.25) is 0 Å². The molecule has 0 saturated carbocycles. The number of nitrogen functional groups attached to an aromatic ring is 1. The largest absolute Gasteiger partial charge is 0.399 e. The van der Waals surface area contributed by atoms with Gasteiger partial charge in [-0.2, -0.15) is 0 Å². The highest BCUT2D eigenvalue weighted by Gasteiger charge is 2.56. The van der Waals surface area contributed by atoms with Crippen molar-refractivity contribution in [2.45, 2.75) is 129 Å². The average Bonchev–Trinajstić information content (AvgIpc) is 2.85. The molecule has 1 heteroatoms. The Hall–Kier alpha value is -2.54. The Kier molecular flexibility index (Phi) is 4.93. The first-order valence-corrected chi connectivity index (χ1v) is 15.0. The highest BCUT2D eigenvalue weighted by atomic mass is 14.6. The van der Waals surface area contributed by atoms with Gasteiger partial charge < -0.3 is 5.73 Å². The van der Waals surface area contributed by atoms with Gasteiger partial charge in [0.05, 0.1) is 0 Å². The number of fused-ring (bicyclic) bond motifs is 4. The molecule has 0 aromatic heterocycles. The van der Waals surface area contributed by atoms with Crippen LogP contribution in [0, 0.1) is 6.92 Å². The lowest BCUT2D eigenvalue weighted by molar-refractivity contribution is 0.266. The molecule has 39 heavy (non-hydrogen) atoms. The minimum atomic E-state index is -0.0881. The van der Waals surface area contributed by atoms with Crippen LogP contribution in [0.25, 0.3) is 22.3 Å². The number of benzene rings is 3. The summed E-state index contributed by atoms with van der Waals surface area (Å²) in [5.41, 5.74) is 23.5. The highest BCUT2D eigenvalue weighted by Crippen LogP contribution is 2.66. The summed E-state index contributed by atoms with van der Waals surface area (Å²) in [7, 11) is 0. The Morgan fingerprint density at radius 1 is 0.513 bits per heavy atom. The van der Waals surface area contributed by atoms with E-state index in [1.807, 2.05) is 0 Å². The molecule has 3 aliphatic carbocycles. The summed E-state index contributed by atoms with van der Waals surface area (Å²) in [4.78, 5) is 0. The van der Waals surface area contributed by atoms with Crippen molar-refractivity contribution in [3.8, 4) is 22.3 Å². The molecule has 0 saturated heterocycles. The lowest BCUT2D eigenvalue weighted by Gasteiger charge is -2.56. The van der Waals surface area contributed by atoms with Crippen molar-refractivity contribution in [3.63, 3.8) is 0 Å². The molecule has 0 radical (unpaired) electrons. The zero-order valence-electron chi connectivity index (χ0n) is 26.7. The second-order valence-corrected chi connectivity index (χ2v) is 16.6. The molecule has 0 spiro atoms. The smallest absolute Gasteiger partial charge is 0.0317 e. The van der Waals surface area contributed by atoms with E-state index < -0.39 is 0 Å². The molecule has 3 aromatic carbocycles. The van der Waals surface area contributed by atoms with Crippen molar-refractivity contribution >= 4 is 5.69 Å². The van der Waals surface area contributed by atoms with E-state index in [0.717, 1.165) is 12.1 Å². The fourth-order valence-electron chi connectivity index (χ4n) is 8.95. The maximum Gasteiger partial charge on any atom is 0.0317 e. The van der Waals surface area contributed by atoms with Gasteiger partial charge in [-0.25, -0.2) is 0 Å². The fourth-order valence-corrected chi connectivity index (χ4v) is 8.95. The summed E-state index contributed by atoms with van der Waals surface area (Å²) in [6, 6.07) is 14.3. The molecule has 0 bridgehead atoms. The van der Waals surface area contributed by atoms with Crippen LogP contribution >= 0.6 is 0 Å². The third-order valence-electron chi connectivity index (χ3n) is 12.3. The van der Waals surface area contributed by atoms with Gasteiger partial charge in [-0.15, -0.1) is 0 Å². The van der Waals surface area contributed by atoms with Crippen molar-refractivity contribution in [1.29, 1.82) is 0 Å². The SMILES string of the molecule is Cc1cc2c3c(c1)C(C)(C)C(C)(C)c1c-3c(cc3c1C(C)(C)C(C)(C)c1cc(N)ccc1-3)C(C)(C)CC2(C)C. The predicted octanol–water partition coefficient (Wildman–Crippen LogP) is 10.0. The quantitative estimate of drug-likeness (QED) is 0.294. The molecule has 3 aromatic rings. The van der Waals surface area contributed by atoms with Crippen LogP contribution in [0.1, 0.15) is 128 Å². The van der Waals surface area contributed by atoms with E-state index in [9.17, 15) is 0 Å². The predicted molar refractivity (Wildman–Crippen MR) is 169 cm³/mol. The Bertz CT molecular complexity index is 1590. The molecule has 0 aliphatic heterocycles. The molecule has 1 nitrogen and oxygen atoms in total. The number of rotatable bonds is 0. The minimum Gasteiger partial charge on any atom is -0.399 e. The molecule has 3 aliphatic rings. The van der Waals surface area contributed by atoms with Gasteiger partial charge in [-0.05, 0) is 120 Å². The number of nitrogens with two attached hydrogens (primary N) is 1. The molecule has 0 amide bonds. The zero-order chi connectivity index (χ0) is 28.9. The van der Waals surface area contributed by atoms with Crippen LogP contribution in [0.5, 0.6) is 0 Å². The van der Waals surface area contributed by atoms with E-state index in [4.69, 9.17) is 5.73 Å². The van der Waals surface area contributed by atoms with Gasteiger partial charge in [-0.1, -0.05) is 107 Å². The summed E-state index contributed by atoms with van der Waals surface area (Å²) in [6.07, 6.45) is 1.12. The first kappa shape index (κ1) is 26.7. The summed E-state index contributed by atoms with van der Waals surface area (Å²) in [5, 5.41) is 0. The average molecular weight is 520 g/mol. The maximum atomic E-state index is 6.42. The Morgan fingerprint density at radius 2 is 1.03 bits per heavy atom. The van der Waals surface area contributed by atoms with Gasteiger partial charge >= 0.3 is 0 Å². The molecule has 2 N–H and O–H groups in total. The normalized spacial score (nSPS) is 23.2. The molecule has 0 heterocycles. The van der Waals surface area contributed by atoms with Crippen LogP contribution in [-0.2, 0) is 32.5 Å². The zero-order valence-corrected chi connectivity index (χ0v) is 26.7. The minimum absolute atomic E-state index is 0.0233. The fraction of sp³-hybridized carbons (Fsp3) is 0.526. The molecule has 0 unspecified atom stereocenters. The van der Waals surface area contributed by atoms with Crippen molar-refractivity contribution in [2.24, 2.45) is 0 Å². The summed E-state index contributed by atoms with van der Waals surface area (Å²) < 4.78 is 0. The van der Waals surface area contributed by atoms with Crippen molar-refractivity contribution in [2.75, 3.05) is 5.73 Å². The van der Waals surface area contributed by atoms with Gasteiger partial charge in [0.25, 0.3) is 0 Å². The van der Waals surface area contributed by atoms with Crippen LogP contribution in [0.3, 0.4) is 0 Å². The molecular weight excluding hydrogens is 470 g/mol. The van der Waals surface area contributed by atoms with E-state index >= 15 is 0 Å². The topological polar surface area (TPSA) is 26.0 Å². The Labute approximate surface area is 237 Å². The third kappa shape index (κ3) is 3.03. The van der Waals surface area contributed by atoms with Crippen molar-refractivity contribution in [3.05, 3.63) is 75.3 Å². The lowest BCUT2D eigenvalue weighted by atomic mass is 9.47. The summed E-state index contributed by atoms with van der Waals surface area (Å²) in [6.45, 7) is 32.1. The molecular formula is C38H49N. The van der Waals surface area contributed by atoms with E-state index in [1.165, 1.54) is 44.5 Å². The lowest BCUT2D eigenvalue weighted by Crippen LogP contribution is -2.50. The van der Waals surface area contributed by atoms with E-state index in [1.54, 1.807) is 16.7 Å². The van der Waals surface area contributed by atoms with Gasteiger partial charge in [0.2, 0.25) is 0 Å². The maximum absolute atomic E-state index is 6.42. The second kappa shape index (κ2) is 7.20. The molecule has 6 rings (SSSR count). The number of hydrogen-bond acceptors (Lipinski definition) is 1.